The number of carbonyl (C=O) groups excluding carboxylic acids is 1. The minimum atomic E-state index is -0.0532. The van der Waals surface area contributed by atoms with Crippen molar-refractivity contribution in [3.8, 4) is 5.75 Å². The zero-order valence-electron chi connectivity index (χ0n) is 12.0. The van der Waals surface area contributed by atoms with Crippen LogP contribution in [0.15, 0.2) is 35.7 Å². The average molecular weight is 289 g/mol. The van der Waals surface area contributed by atoms with Crippen molar-refractivity contribution in [2.75, 3.05) is 7.11 Å². The van der Waals surface area contributed by atoms with E-state index in [0.717, 1.165) is 23.3 Å². The first-order valence-corrected chi connectivity index (χ1v) is 7.54. The van der Waals surface area contributed by atoms with Gasteiger partial charge in [0.2, 0.25) is 0 Å². The van der Waals surface area contributed by atoms with Gasteiger partial charge in [0.25, 0.3) is 5.91 Å². The number of rotatable bonds is 5. The number of carbonyl (C=O) groups is 1. The van der Waals surface area contributed by atoms with Gasteiger partial charge in [0.05, 0.1) is 18.7 Å². The Morgan fingerprint density at radius 2 is 2.20 bits per heavy atom. The Balaban J connectivity index is 2.06. The van der Waals surface area contributed by atoms with Crippen molar-refractivity contribution in [1.82, 2.24) is 5.32 Å². The highest BCUT2D eigenvalue weighted by molar-refractivity contribution is 7.10. The molecule has 1 unspecified atom stereocenters. The largest absolute Gasteiger partial charge is 0.497 e. The molecule has 2 aromatic rings. The fourth-order valence-electron chi connectivity index (χ4n) is 1.96. The molecule has 0 saturated heterocycles. The highest BCUT2D eigenvalue weighted by Crippen LogP contribution is 2.20. The second-order valence-corrected chi connectivity index (χ2v) is 5.62. The number of aryl methyl sites for hydroxylation is 1. The third-order valence-corrected chi connectivity index (χ3v) is 4.29. The Labute approximate surface area is 123 Å². The van der Waals surface area contributed by atoms with Crippen molar-refractivity contribution < 1.29 is 9.53 Å². The summed E-state index contributed by atoms with van der Waals surface area (Å²) in [5, 5.41) is 4.92. The molecule has 1 aromatic heterocycles. The number of amides is 1. The van der Waals surface area contributed by atoms with Crippen molar-refractivity contribution in [2.24, 2.45) is 0 Å². The van der Waals surface area contributed by atoms with Crippen molar-refractivity contribution in [3.05, 3.63) is 51.7 Å². The van der Waals surface area contributed by atoms with Crippen LogP contribution in [0.2, 0.25) is 0 Å². The predicted octanol–water partition coefficient (Wildman–Crippen LogP) is 3.81. The lowest BCUT2D eigenvalue weighted by molar-refractivity contribution is 0.0940. The van der Waals surface area contributed by atoms with E-state index in [1.165, 1.54) is 4.88 Å². The molecule has 1 N–H and O–H groups in total. The zero-order valence-corrected chi connectivity index (χ0v) is 12.8. The Morgan fingerprint density at radius 1 is 1.40 bits per heavy atom. The quantitative estimate of drug-likeness (QED) is 0.909. The van der Waals surface area contributed by atoms with Crippen LogP contribution in [0.25, 0.3) is 0 Å². The SMILES string of the molecule is CCc1cc(C(=O)NC(C)c2cccc(OC)c2)cs1. The third kappa shape index (κ3) is 3.39. The first kappa shape index (κ1) is 14.6. The number of benzene rings is 1. The second-order valence-electron chi connectivity index (χ2n) is 4.63. The first-order valence-electron chi connectivity index (χ1n) is 6.66. The Morgan fingerprint density at radius 3 is 2.85 bits per heavy atom. The fraction of sp³-hybridized carbons (Fsp3) is 0.312. The molecule has 106 valence electrons. The van der Waals surface area contributed by atoms with Crippen LogP contribution in [0.4, 0.5) is 0 Å². The third-order valence-electron chi connectivity index (χ3n) is 3.21. The van der Waals surface area contributed by atoms with E-state index in [9.17, 15) is 4.79 Å². The van der Waals surface area contributed by atoms with Crippen LogP contribution in [-0.4, -0.2) is 13.0 Å². The minimum absolute atomic E-state index is 0.0312. The van der Waals surface area contributed by atoms with Gasteiger partial charge in [-0.25, -0.2) is 0 Å². The molecule has 0 aliphatic heterocycles. The summed E-state index contributed by atoms with van der Waals surface area (Å²) in [6.45, 7) is 4.06. The lowest BCUT2D eigenvalue weighted by Gasteiger charge is -2.14. The van der Waals surface area contributed by atoms with E-state index in [1.54, 1.807) is 18.4 Å². The van der Waals surface area contributed by atoms with Crippen LogP contribution >= 0.6 is 11.3 Å². The maximum Gasteiger partial charge on any atom is 0.252 e. The normalized spacial score (nSPS) is 11.9. The van der Waals surface area contributed by atoms with Crippen molar-refractivity contribution in [3.63, 3.8) is 0 Å². The highest BCUT2D eigenvalue weighted by atomic mass is 32.1. The molecule has 0 spiro atoms. The summed E-state index contributed by atoms with van der Waals surface area (Å²) in [6.07, 6.45) is 0.962. The maximum absolute atomic E-state index is 12.2. The van der Waals surface area contributed by atoms with Gasteiger partial charge in [0.15, 0.2) is 0 Å². The molecule has 3 nitrogen and oxygen atoms in total. The standard InChI is InChI=1S/C16H19NO2S/c1-4-15-9-13(10-20-15)16(18)17-11(2)12-6-5-7-14(8-12)19-3/h5-11H,4H2,1-3H3,(H,17,18). The van der Waals surface area contributed by atoms with Gasteiger partial charge in [-0.2, -0.15) is 0 Å². The lowest BCUT2D eigenvalue weighted by atomic mass is 10.1. The van der Waals surface area contributed by atoms with E-state index in [0.29, 0.717) is 0 Å². The molecule has 20 heavy (non-hydrogen) atoms. The maximum atomic E-state index is 12.2. The summed E-state index contributed by atoms with van der Waals surface area (Å²) >= 11 is 1.63. The Hall–Kier alpha value is -1.81. The number of ether oxygens (including phenoxy) is 1. The molecular weight excluding hydrogens is 270 g/mol. The monoisotopic (exact) mass is 289 g/mol. The number of methoxy groups -OCH3 is 1. The highest BCUT2D eigenvalue weighted by Gasteiger charge is 2.13. The Bertz CT molecular complexity index is 592. The number of hydrogen-bond donors (Lipinski definition) is 1. The molecule has 4 heteroatoms. The molecule has 1 amide bonds. The molecular formula is C16H19NO2S. The molecule has 1 aromatic carbocycles. The lowest BCUT2D eigenvalue weighted by Crippen LogP contribution is -2.26. The topological polar surface area (TPSA) is 38.3 Å². The molecule has 0 aliphatic rings. The van der Waals surface area contributed by atoms with Crippen molar-refractivity contribution >= 4 is 17.2 Å². The van der Waals surface area contributed by atoms with E-state index >= 15 is 0 Å². The minimum Gasteiger partial charge on any atom is -0.497 e. The van der Waals surface area contributed by atoms with Crippen molar-refractivity contribution in [1.29, 1.82) is 0 Å². The second kappa shape index (κ2) is 6.57. The van der Waals surface area contributed by atoms with Crippen molar-refractivity contribution in [2.45, 2.75) is 26.3 Å². The molecule has 1 atom stereocenters. The van der Waals surface area contributed by atoms with E-state index in [4.69, 9.17) is 4.74 Å². The van der Waals surface area contributed by atoms with Gasteiger partial charge in [-0.15, -0.1) is 11.3 Å². The molecule has 0 bridgehead atoms. The summed E-state index contributed by atoms with van der Waals surface area (Å²) in [6, 6.07) is 9.65. The van der Waals surface area contributed by atoms with Crippen LogP contribution < -0.4 is 10.1 Å². The van der Waals surface area contributed by atoms with Crippen LogP contribution in [0, 0.1) is 0 Å². The smallest absolute Gasteiger partial charge is 0.252 e. The van der Waals surface area contributed by atoms with Crippen LogP contribution in [-0.2, 0) is 6.42 Å². The molecule has 0 radical (unpaired) electrons. The summed E-state index contributed by atoms with van der Waals surface area (Å²) in [5.41, 5.74) is 1.77. The fourth-order valence-corrected chi connectivity index (χ4v) is 2.77. The summed E-state index contributed by atoms with van der Waals surface area (Å²) in [7, 11) is 1.64. The summed E-state index contributed by atoms with van der Waals surface area (Å²) in [5.74, 6) is 0.767. The number of nitrogens with one attached hydrogen (secondary N) is 1. The number of hydrogen-bond acceptors (Lipinski definition) is 3. The molecule has 0 aliphatic carbocycles. The number of thiophene rings is 1. The molecule has 2 rings (SSSR count). The predicted molar refractivity (Wildman–Crippen MR) is 82.6 cm³/mol. The first-order chi connectivity index (χ1) is 9.63. The van der Waals surface area contributed by atoms with E-state index in [2.05, 4.69) is 12.2 Å². The van der Waals surface area contributed by atoms with Gasteiger partial charge < -0.3 is 10.1 Å². The van der Waals surface area contributed by atoms with Gasteiger partial charge in [-0.3, -0.25) is 4.79 Å². The molecule has 0 saturated carbocycles. The summed E-state index contributed by atoms with van der Waals surface area (Å²) < 4.78 is 5.20. The van der Waals surface area contributed by atoms with Gasteiger partial charge in [-0.1, -0.05) is 19.1 Å². The van der Waals surface area contributed by atoms with Gasteiger partial charge in [0, 0.05) is 10.3 Å². The molecule has 0 fully saturated rings. The van der Waals surface area contributed by atoms with E-state index < -0.39 is 0 Å². The van der Waals surface area contributed by atoms with Crippen LogP contribution in [0.5, 0.6) is 5.75 Å². The molecule has 1 heterocycles. The van der Waals surface area contributed by atoms with Gasteiger partial charge in [-0.05, 0) is 37.1 Å². The van der Waals surface area contributed by atoms with Crippen LogP contribution in [0.3, 0.4) is 0 Å². The van der Waals surface area contributed by atoms with Crippen LogP contribution in [0.1, 0.15) is 40.7 Å². The zero-order chi connectivity index (χ0) is 14.5. The average Bonchev–Trinajstić information content (AvgIpc) is 2.96. The van der Waals surface area contributed by atoms with E-state index in [1.807, 2.05) is 42.6 Å². The Kier molecular flexibility index (Phi) is 4.79. The van der Waals surface area contributed by atoms with Gasteiger partial charge >= 0.3 is 0 Å². The van der Waals surface area contributed by atoms with E-state index in [-0.39, 0.29) is 11.9 Å². The summed E-state index contributed by atoms with van der Waals surface area (Å²) in [4.78, 5) is 13.4. The van der Waals surface area contributed by atoms with Gasteiger partial charge in [0.1, 0.15) is 5.75 Å².